The Morgan fingerprint density at radius 2 is 1.69 bits per heavy atom. The summed E-state index contributed by atoms with van der Waals surface area (Å²) in [6, 6.07) is 18.5. The molecule has 3 nitrogen and oxygen atoms in total. The minimum Gasteiger partial charge on any atom is -0.426 e. The smallest absolute Gasteiger partial charge is 0.311 e. The molecule has 0 amide bonds. The Morgan fingerprint density at radius 1 is 0.962 bits per heavy atom. The molecule has 0 spiro atoms. The SMILES string of the molecule is O=C(CC1CN2CCC1CC2)Oc1ccc2ccc3ccccc3c2c1. The molecule has 1 atom stereocenters. The quantitative estimate of drug-likeness (QED) is 0.394. The average Bonchev–Trinajstić information content (AvgIpc) is 2.69. The topological polar surface area (TPSA) is 29.5 Å². The first-order chi connectivity index (χ1) is 12.8. The Kier molecular flexibility index (Phi) is 3.90. The molecule has 0 radical (unpaired) electrons. The Hall–Kier alpha value is -2.39. The van der Waals surface area contributed by atoms with Crippen molar-refractivity contribution in [3.8, 4) is 5.75 Å². The largest absolute Gasteiger partial charge is 0.426 e. The van der Waals surface area contributed by atoms with Crippen LogP contribution >= 0.6 is 0 Å². The van der Waals surface area contributed by atoms with Crippen molar-refractivity contribution in [2.24, 2.45) is 11.8 Å². The molecule has 3 aliphatic heterocycles. The third kappa shape index (κ3) is 2.86. The van der Waals surface area contributed by atoms with Crippen molar-refractivity contribution in [2.45, 2.75) is 19.3 Å². The van der Waals surface area contributed by atoms with Gasteiger partial charge in [0.25, 0.3) is 0 Å². The first kappa shape index (κ1) is 15.8. The molecule has 3 heterocycles. The Balaban J connectivity index is 1.37. The van der Waals surface area contributed by atoms with E-state index in [0.29, 0.717) is 24.0 Å². The zero-order chi connectivity index (χ0) is 17.5. The maximum absolute atomic E-state index is 12.5. The first-order valence-corrected chi connectivity index (χ1v) is 9.61. The Bertz CT molecular complexity index is 972. The monoisotopic (exact) mass is 345 g/mol. The number of rotatable bonds is 3. The molecule has 3 aliphatic rings. The van der Waals surface area contributed by atoms with Crippen LogP contribution in [0.5, 0.6) is 5.75 Å². The summed E-state index contributed by atoms with van der Waals surface area (Å²) in [5.74, 6) is 1.72. The van der Waals surface area contributed by atoms with E-state index in [4.69, 9.17) is 4.74 Å². The summed E-state index contributed by atoms with van der Waals surface area (Å²) in [6.45, 7) is 3.46. The molecular formula is C23H23NO2. The van der Waals surface area contributed by atoms with Crippen LogP contribution in [0.4, 0.5) is 0 Å². The van der Waals surface area contributed by atoms with Gasteiger partial charge in [-0.15, -0.1) is 0 Å². The van der Waals surface area contributed by atoms with Crippen LogP contribution in [0.3, 0.4) is 0 Å². The van der Waals surface area contributed by atoms with Gasteiger partial charge in [0, 0.05) is 6.54 Å². The van der Waals surface area contributed by atoms with Gasteiger partial charge in [0.1, 0.15) is 5.75 Å². The Morgan fingerprint density at radius 3 is 2.46 bits per heavy atom. The third-order valence-corrected chi connectivity index (χ3v) is 6.17. The van der Waals surface area contributed by atoms with Crippen LogP contribution < -0.4 is 4.74 Å². The molecule has 26 heavy (non-hydrogen) atoms. The second-order valence-electron chi connectivity index (χ2n) is 7.75. The van der Waals surface area contributed by atoms with Crippen LogP contribution in [0, 0.1) is 11.8 Å². The number of fused-ring (bicyclic) bond motifs is 6. The second-order valence-corrected chi connectivity index (χ2v) is 7.75. The highest BCUT2D eigenvalue weighted by atomic mass is 16.5. The lowest BCUT2D eigenvalue weighted by atomic mass is 9.77. The number of esters is 1. The summed E-state index contributed by atoms with van der Waals surface area (Å²) in [7, 11) is 0. The molecule has 3 saturated heterocycles. The van der Waals surface area contributed by atoms with Gasteiger partial charge in [-0.1, -0.05) is 42.5 Å². The summed E-state index contributed by atoms with van der Waals surface area (Å²) in [6.07, 6.45) is 3.01. The van der Waals surface area contributed by atoms with Gasteiger partial charge in [0.05, 0.1) is 6.42 Å². The predicted octanol–water partition coefficient (Wildman–Crippen LogP) is 4.63. The van der Waals surface area contributed by atoms with Crippen LogP contribution in [0.2, 0.25) is 0 Å². The summed E-state index contributed by atoms with van der Waals surface area (Å²) in [4.78, 5) is 15.0. The van der Waals surface area contributed by atoms with E-state index >= 15 is 0 Å². The number of carbonyl (C=O) groups excluding carboxylic acids is 1. The van der Waals surface area contributed by atoms with E-state index < -0.39 is 0 Å². The molecular weight excluding hydrogens is 322 g/mol. The molecule has 3 heteroatoms. The summed E-state index contributed by atoms with van der Waals surface area (Å²) in [5, 5.41) is 4.70. The number of nitrogens with zero attached hydrogens (tertiary/aromatic N) is 1. The van der Waals surface area contributed by atoms with Crippen molar-refractivity contribution in [3.63, 3.8) is 0 Å². The lowest BCUT2D eigenvalue weighted by molar-refractivity contribution is -0.137. The lowest BCUT2D eigenvalue weighted by Crippen LogP contribution is -2.48. The van der Waals surface area contributed by atoms with E-state index in [1.807, 2.05) is 30.3 Å². The minimum absolute atomic E-state index is 0.0941. The molecule has 0 N–H and O–H groups in total. The van der Waals surface area contributed by atoms with E-state index in [9.17, 15) is 4.79 Å². The van der Waals surface area contributed by atoms with Crippen LogP contribution in [0.25, 0.3) is 21.5 Å². The molecule has 0 saturated carbocycles. The van der Waals surface area contributed by atoms with Crippen LogP contribution in [-0.2, 0) is 4.79 Å². The highest BCUT2D eigenvalue weighted by Gasteiger charge is 2.35. The number of piperidine rings is 3. The van der Waals surface area contributed by atoms with E-state index in [-0.39, 0.29) is 5.97 Å². The van der Waals surface area contributed by atoms with Crippen molar-refractivity contribution in [2.75, 3.05) is 19.6 Å². The fourth-order valence-electron chi connectivity index (χ4n) is 4.75. The summed E-state index contributed by atoms with van der Waals surface area (Å²) >= 11 is 0. The normalized spacial score (nSPS) is 24.8. The van der Waals surface area contributed by atoms with Crippen LogP contribution in [0.15, 0.2) is 54.6 Å². The maximum Gasteiger partial charge on any atom is 0.311 e. The van der Waals surface area contributed by atoms with Crippen molar-refractivity contribution in [1.82, 2.24) is 4.90 Å². The number of benzene rings is 3. The molecule has 1 unspecified atom stereocenters. The van der Waals surface area contributed by atoms with Gasteiger partial charge in [0.2, 0.25) is 0 Å². The van der Waals surface area contributed by atoms with Gasteiger partial charge in [-0.2, -0.15) is 0 Å². The van der Waals surface area contributed by atoms with E-state index in [1.165, 1.54) is 42.1 Å². The fraction of sp³-hybridized carbons (Fsp3) is 0.348. The second kappa shape index (κ2) is 6.40. The van der Waals surface area contributed by atoms with Gasteiger partial charge < -0.3 is 9.64 Å². The van der Waals surface area contributed by atoms with Gasteiger partial charge in [-0.25, -0.2) is 0 Å². The van der Waals surface area contributed by atoms with Crippen molar-refractivity contribution in [1.29, 1.82) is 0 Å². The minimum atomic E-state index is -0.0941. The van der Waals surface area contributed by atoms with E-state index in [0.717, 1.165) is 11.9 Å². The molecule has 3 aromatic rings. The number of hydrogen-bond acceptors (Lipinski definition) is 3. The van der Waals surface area contributed by atoms with Gasteiger partial charge in [-0.05, 0) is 71.4 Å². The standard InChI is InChI=1S/C23H23NO2/c25-23(13-19-15-24-11-9-16(19)10-12-24)26-20-8-7-18-6-5-17-3-1-2-4-21(17)22(18)14-20/h1-8,14,16,19H,9-13,15H2. The summed E-state index contributed by atoms with van der Waals surface area (Å²) < 4.78 is 5.72. The molecule has 0 aromatic heterocycles. The van der Waals surface area contributed by atoms with Gasteiger partial charge in [-0.3, -0.25) is 4.79 Å². The number of ether oxygens (including phenoxy) is 1. The molecule has 0 aliphatic carbocycles. The molecule has 3 fully saturated rings. The van der Waals surface area contributed by atoms with Crippen molar-refractivity contribution in [3.05, 3.63) is 54.6 Å². The van der Waals surface area contributed by atoms with Gasteiger partial charge in [0.15, 0.2) is 0 Å². The Labute approximate surface area is 153 Å². The number of carbonyl (C=O) groups is 1. The van der Waals surface area contributed by atoms with E-state index in [1.54, 1.807) is 0 Å². The van der Waals surface area contributed by atoms with Crippen LogP contribution in [0.1, 0.15) is 19.3 Å². The first-order valence-electron chi connectivity index (χ1n) is 9.61. The maximum atomic E-state index is 12.5. The molecule has 132 valence electrons. The third-order valence-electron chi connectivity index (χ3n) is 6.17. The van der Waals surface area contributed by atoms with Crippen molar-refractivity contribution >= 4 is 27.5 Å². The zero-order valence-electron chi connectivity index (χ0n) is 14.9. The average molecular weight is 345 g/mol. The molecule has 2 bridgehead atoms. The molecule has 3 aromatic carbocycles. The fourth-order valence-corrected chi connectivity index (χ4v) is 4.75. The van der Waals surface area contributed by atoms with E-state index in [2.05, 4.69) is 29.2 Å². The highest BCUT2D eigenvalue weighted by Crippen LogP contribution is 2.35. The molecule has 6 rings (SSSR count). The predicted molar refractivity (Wildman–Crippen MR) is 104 cm³/mol. The lowest BCUT2D eigenvalue weighted by Gasteiger charge is -2.44. The highest BCUT2D eigenvalue weighted by molar-refractivity contribution is 6.07. The zero-order valence-corrected chi connectivity index (χ0v) is 14.9. The number of hydrogen-bond donors (Lipinski definition) is 0. The van der Waals surface area contributed by atoms with Crippen molar-refractivity contribution < 1.29 is 9.53 Å². The van der Waals surface area contributed by atoms with Crippen LogP contribution in [-0.4, -0.2) is 30.5 Å². The van der Waals surface area contributed by atoms with Gasteiger partial charge >= 0.3 is 5.97 Å². The summed E-state index contributed by atoms with van der Waals surface area (Å²) in [5.41, 5.74) is 0.